The normalized spacial score (nSPS) is 14.2. The number of amides is 1. The van der Waals surface area contributed by atoms with Crippen molar-refractivity contribution in [3.05, 3.63) is 30.1 Å². The zero-order valence-corrected chi connectivity index (χ0v) is 9.53. The molecule has 0 bridgehead atoms. The SMILES string of the molecule is CCC(C)C(Nc1ccc(F)cc1)C(N)=O. The van der Waals surface area contributed by atoms with Gasteiger partial charge >= 0.3 is 0 Å². The van der Waals surface area contributed by atoms with Crippen LogP contribution in [0, 0.1) is 11.7 Å². The van der Waals surface area contributed by atoms with Crippen LogP contribution in [0.5, 0.6) is 0 Å². The molecule has 0 aromatic heterocycles. The molecule has 2 unspecified atom stereocenters. The highest BCUT2D eigenvalue weighted by Gasteiger charge is 2.21. The third-order valence-electron chi connectivity index (χ3n) is 2.69. The van der Waals surface area contributed by atoms with Gasteiger partial charge in [0.05, 0.1) is 0 Å². The molecule has 0 saturated carbocycles. The Morgan fingerprint density at radius 3 is 2.44 bits per heavy atom. The summed E-state index contributed by atoms with van der Waals surface area (Å²) in [6, 6.07) is 5.45. The predicted molar refractivity (Wildman–Crippen MR) is 62.5 cm³/mol. The first-order chi connectivity index (χ1) is 7.54. The van der Waals surface area contributed by atoms with Crippen LogP contribution in [0.25, 0.3) is 0 Å². The Labute approximate surface area is 94.8 Å². The molecule has 0 spiro atoms. The highest BCUT2D eigenvalue weighted by atomic mass is 19.1. The molecule has 1 amide bonds. The van der Waals surface area contributed by atoms with Crippen LogP contribution in [-0.2, 0) is 4.79 Å². The lowest BCUT2D eigenvalue weighted by Gasteiger charge is -2.22. The van der Waals surface area contributed by atoms with E-state index in [2.05, 4.69) is 5.32 Å². The summed E-state index contributed by atoms with van der Waals surface area (Å²) in [6.45, 7) is 3.94. The van der Waals surface area contributed by atoms with Crippen molar-refractivity contribution in [2.45, 2.75) is 26.3 Å². The topological polar surface area (TPSA) is 55.1 Å². The fraction of sp³-hybridized carbons (Fsp3) is 0.417. The molecular weight excluding hydrogens is 207 g/mol. The van der Waals surface area contributed by atoms with E-state index in [0.717, 1.165) is 6.42 Å². The molecule has 1 rings (SSSR count). The standard InChI is InChI=1S/C12H17FN2O/c1-3-8(2)11(12(14)16)15-10-6-4-9(13)5-7-10/h4-8,11,15H,3H2,1-2H3,(H2,14,16). The monoisotopic (exact) mass is 224 g/mol. The van der Waals surface area contributed by atoms with Gasteiger partial charge in [-0.25, -0.2) is 4.39 Å². The lowest BCUT2D eigenvalue weighted by Crippen LogP contribution is -2.40. The van der Waals surface area contributed by atoms with Crippen LogP contribution in [0.4, 0.5) is 10.1 Å². The van der Waals surface area contributed by atoms with Gasteiger partial charge in [-0.2, -0.15) is 0 Å². The van der Waals surface area contributed by atoms with Gasteiger partial charge in [-0.15, -0.1) is 0 Å². The van der Waals surface area contributed by atoms with Crippen LogP contribution in [0.15, 0.2) is 24.3 Å². The summed E-state index contributed by atoms with van der Waals surface area (Å²) in [4.78, 5) is 11.3. The van der Waals surface area contributed by atoms with E-state index in [-0.39, 0.29) is 11.7 Å². The lowest BCUT2D eigenvalue weighted by molar-refractivity contribution is -0.119. The molecule has 0 saturated heterocycles. The minimum Gasteiger partial charge on any atom is -0.373 e. The van der Waals surface area contributed by atoms with Gasteiger partial charge in [-0.05, 0) is 30.2 Å². The summed E-state index contributed by atoms with van der Waals surface area (Å²) in [6.07, 6.45) is 0.849. The third kappa shape index (κ3) is 3.22. The molecule has 0 radical (unpaired) electrons. The van der Waals surface area contributed by atoms with Crippen LogP contribution in [0.2, 0.25) is 0 Å². The van der Waals surface area contributed by atoms with Crippen molar-refractivity contribution >= 4 is 11.6 Å². The molecule has 0 aliphatic heterocycles. The zero-order valence-electron chi connectivity index (χ0n) is 9.53. The quantitative estimate of drug-likeness (QED) is 0.805. The Hall–Kier alpha value is -1.58. The fourth-order valence-corrected chi connectivity index (χ4v) is 1.46. The number of anilines is 1. The molecule has 0 aliphatic rings. The van der Waals surface area contributed by atoms with Crippen molar-refractivity contribution < 1.29 is 9.18 Å². The third-order valence-corrected chi connectivity index (χ3v) is 2.69. The largest absolute Gasteiger partial charge is 0.373 e. The van der Waals surface area contributed by atoms with Crippen molar-refractivity contribution in [3.63, 3.8) is 0 Å². The van der Waals surface area contributed by atoms with Gasteiger partial charge in [-0.3, -0.25) is 4.79 Å². The molecule has 1 aromatic carbocycles. The van der Waals surface area contributed by atoms with E-state index in [1.54, 1.807) is 12.1 Å². The van der Waals surface area contributed by atoms with Gasteiger partial charge in [0.2, 0.25) is 5.91 Å². The second-order valence-corrected chi connectivity index (χ2v) is 3.92. The van der Waals surface area contributed by atoms with Crippen molar-refractivity contribution in [3.8, 4) is 0 Å². The summed E-state index contributed by atoms with van der Waals surface area (Å²) < 4.78 is 12.7. The second kappa shape index (κ2) is 5.49. The maximum Gasteiger partial charge on any atom is 0.240 e. The highest BCUT2D eigenvalue weighted by Crippen LogP contribution is 2.15. The second-order valence-electron chi connectivity index (χ2n) is 3.92. The molecule has 3 nitrogen and oxygen atoms in total. The number of halogens is 1. The predicted octanol–water partition coefficient (Wildman–Crippen LogP) is 2.14. The first-order valence-corrected chi connectivity index (χ1v) is 5.36. The fourth-order valence-electron chi connectivity index (χ4n) is 1.46. The number of carbonyl (C=O) groups is 1. The molecule has 0 heterocycles. The van der Waals surface area contributed by atoms with Crippen LogP contribution in [-0.4, -0.2) is 11.9 Å². The summed E-state index contributed by atoms with van der Waals surface area (Å²) in [5.74, 6) is -0.550. The first-order valence-electron chi connectivity index (χ1n) is 5.36. The van der Waals surface area contributed by atoms with E-state index in [0.29, 0.717) is 5.69 Å². The first kappa shape index (κ1) is 12.5. The number of benzene rings is 1. The van der Waals surface area contributed by atoms with Gasteiger partial charge in [0.15, 0.2) is 0 Å². The van der Waals surface area contributed by atoms with E-state index < -0.39 is 11.9 Å². The van der Waals surface area contributed by atoms with Crippen molar-refractivity contribution in [2.75, 3.05) is 5.32 Å². The van der Waals surface area contributed by atoms with Crippen LogP contribution in [0.1, 0.15) is 20.3 Å². The van der Waals surface area contributed by atoms with Crippen LogP contribution in [0.3, 0.4) is 0 Å². The van der Waals surface area contributed by atoms with Crippen molar-refractivity contribution in [1.82, 2.24) is 0 Å². The summed E-state index contributed by atoms with van der Waals surface area (Å²) in [7, 11) is 0. The molecule has 2 atom stereocenters. The lowest BCUT2D eigenvalue weighted by atomic mass is 9.98. The highest BCUT2D eigenvalue weighted by molar-refractivity contribution is 5.83. The van der Waals surface area contributed by atoms with Gasteiger partial charge in [0, 0.05) is 5.69 Å². The number of hydrogen-bond acceptors (Lipinski definition) is 2. The average molecular weight is 224 g/mol. The van der Waals surface area contributed by atoms with Gasteiger partial charge < -0.3 is 11.1 Å². The van der Waals surface area contributed by atoms with Crippen LogP contribution >= 0.6 is 0 Å². The zero-order chi connectivity index (χ0) is 12.1. The van der Waals surface area contributed by atoms with E-state index in [9.17, 15) is 9.18 Å². The molecule has 0 aliphatic carbocycles. The molecule has 3 N–H and O–H groups in total. The summed E-state index contributed by atoms with van der Waals surface area (Å²) >= 11 is 0. The molecule has 88 valence electrons. The molecule has 0 fully saturated rings. The number of nitrogens with two attached hydrogens (primary N) is 1. The van der Waals surface area contributed by atoms with Crippen molar-refractivity contribution in [1.29, 1.82) is 0 Å². The van der Waals surface area contributed by atoms with E-state index in [1.807, 2.05) is 13.8 Å². The average Bonchev–Trinajstić information content (AvgIpc) is 2.27. The maximum absolute atomic E-state index is 12.7. The van der Waals surface area contributed by atoms with Gasteiger partial charge in [0.25, 0.3) is 0 Å². The van der Waals surface area contributed by atoms with Crippen molar-refractivity contribution in [2.24, 2.45) is 11.7 Å². The maximum atomic E-state index is 12.7. The number of rotatable bonds is 5. The van der Waals surface area contributed by atoms with Crippen LogP contribution < -0.4 is 11.1 Å². The Bertz CT molecular complexity index is 351. The summed E-state index contributed by atoms with van der Waals surface area (Å²) in [5.41, 5.74) is 6.01. The number of nitrogens with one attached hydrogen (secondary N) is 1. The Morgan fingerprint density at radius 2 is 2.00 bits per heavy atom. The Morgan fingerprint density at radius 1 is 1.44 bits per heavy atom. The number of carbonyl (C=O) groups excluding carboxylic acids is 1. The molecular formula is C12H17FN2O. The van der Waals surface area contributed by atoms with E-state index in [4.69, 9.17) is 5.73 Å². The number of hydrogen-bond donors (Lipinski definition) is 2. The van der Waals surface area contributed by atoms with E-state index in [1.165, 1.54) is 12.1 Å². The van der Waals surface area contributed by atoms with E-state index >= 15 is 0 Å². The van der Waals surface area contributed by atoms with Gasteiger partial charge in [0.1, 0.15) is 11.9 Å². The minimum atomic E-state index is -0.421. The smallest absolute Gasteiger partial charge is 0.240 e. The minimum absolute atomic E-state index is 0.141. The molecule has 1 aromatic rings. The Balaban J connectivity index is 2.75. The summed E-state index contributed by atoms with van der Waals surface area (Å²) in [5, 5.41) is 3.02. The number of primary amides is 1. The molecule has 16 heavy (non-hydrogen) atoms. The van der Waals surface area contributed by atoms with Gasteiger partial charge in [-0.1, -0.05) is 20.3 Å². The Kier molecular flexibility index (Phi) is 4.28. The molecule has 4 heteroatoms.